The van der Waals surface area contributed by atoms with Gasteiger partial charge in [0.2, 0.25) is 5.69 Å². The molecule has 2 rings (SSSR count). The van der Waals surface area contributed by atoms with Gasteiger partial charge in [0.05, 0.1) is 16.6 Å². The second-order valence-electron chi connectivity index (χ2n) is 3.67. The number of para-hydroxylation sites is 1. The van der Waals surface area contributed by atoms with Crippen molar-refractivity contribution in [3.05, 3.63) is 51.8 Å². The molecule has 9 nitrogen and oxygen atoms in total. The van der Waals surface area contributed by atoms with Gasteiger partial charge in [-0.3, -0.25) is 20.0 Å². The highest BCUT2D eigenvalue weighted by Gasteiger charge is 2.23. The number of carboxylic acids is 1. The third-order valence-corrected chi connectivity index (χ3v) is 2.44. The predicted molar refractivity (Wildman–Crippen MR) is 64.0 cm³/mol. The first-order valence-electron chi connectivity index (χ1n) is 5.30. The number of aromatic nitrogens is 2. The number of hydrogen-bond acceptors (Lipinski definition) is 6. The lowest BCUT2D eigenvalue weighted by Gasteiger charge is -2.10. The molecule has 1 aromatic heterocycles. The number of benzene rings is 1. The fourth-order valence-corrected chi connectivity index (χ4v) is 1.54. The Morgan fingerprint density at radius 1 is 1.30 bits per heavy atom. The van der Waals surface area contributed by atoms with Crippen molar-refractivity contribution in [1.82, 2.24) is 10.2 Å². The van der Waals surface area contributed by atoms with Crippen molar-refractivity contribution in [2.24, 2.45) is 0 Å². The number of hydrogen-bond donors (Lipinski definition) is 2. The van der Waals surface area contributed by atoms with Gasteiger partial charge in [0.25, 0.3) is 5.91 Å². The zero-order chi connectivity index (χ0) is 14.7. The van der Waals surface area contributed by atoms with Gasteiger partial charge in [-0.2, -0.15) is 5.10 Å². The van der Waals surface area contributed by atoms with E-state index < -0.39 is 22.5 Å². The first kappa shape index (κ1) is 13.2. The van der Waals surface area contributed by atoms with E-state index in [9.17, 15) is 24.8 Å². The molecule has 1 heterocycles. The van der Waals surface area contributed by atoms with Gasteiger partial charge in [-0.15, -0.1) is 0 Å². The number of amides is 1. The number of aromatic amines is 1. The van der Waals surface area contributed by atoms with Crippen LogP contribution in [0.1, 0.15) is 20.8 Å². The van der Waals surface area contributed by atoms with Crippen LogP contribution < -0.4 is 10.4 Å². The molecule has 0 fully saturated rings. The standard InChI is InChI=1S/C11H8N4O5/c16-10(9-8(15(19)20)5-12-14-9)13-7-4-2-1-3-6(7)11(17)18/h1-5H,(H,12,14)(H,13,16)(H,17,18)/p-1. The summed E-state index contributed by atoms with van der Waals surface area (Å²) in [7, 11) is 0. The summed E-state index contributed by atoms with van der Waals surface area (Å²) in [6.45, 7) is 0. The maximum absolute atomic E-state index is 11.9. The van der Waals surface area contributed by atoms with Gasteiger partial charge >= 0.3 is 5.69 Å². The number of carboxylic acid groups (broad SMARTS) is 1. The second kappa shape index (κ2) is 5.18. The number of nitrogens with zero attached hydrogens (tertiary/aromatic N) is 2. The van der Waals surface area contributed by atoms with Gasteiger partial charge in [-0.05, 0) is 6.07 Å². The highest BCUT2D eigenvalue weighted by Crippen LogP contribution is 2.19. The van der Waals surface area contributed by atoms with Gasteiger partial charge < -0.3 is 15.2 Å². The molecule has 0 saturated carbocycles. The van der Waals surface area contributed by atoms with Crippen molar-refractivity contribution in [3.8, 4) is 0 Å². The van der Waals surface area contributed by atoms with Crippen LogP contribution in [-0.2, 0) is 0 Å². The van der Waals surface area contributed by atoms with Gasteiger partial charge in [0.15, 0.2) is 0 Å². The molecule has 0 radical (unpaired) electrons. The van der Waals surface area contributed by atoms with Crippen LogP contribution in [0.15, 0.2) is 30.5 Å². The molecule has 20 heavy (non-hydrogen) atoms. The minimum absolute atomic E-state index is 0.0265. The molecule has 0 aliphatic carbocycles. The Kier molecular flexibility index (Phi) is 3.42. The minimum atomic E-state index is -1.47. The van der Waals surface area contributed by atoms with Crippen LogP contribution in [0.4, 0.5) is 11.4 Å². The summed E-state index contributed by atoms with van der Waals surface area (Å²) in [5.74, 6) is -2.34. The van der Waals surface area contributed by atoms with Crippen LogP contribution in [0.5, 0.6) is 0 Å². The second-order valence-corrected chi connectivity index (χ2v) is 3.67. The first-order valence-corrected chi connectivity index (χ1v) is 5.30. The van der Waals surface area contributed by atoms with E-state index in [0.717, 1.165) is 6.20 Å². The van der Waals surface area contributed by atoms with Crippen LogP contribution in [-0.4, -0.2) is 27.0 Å². The zero-order valence-corrected chi connectivity index (χ0v) is 9.82. The van der Waals surface area contributed by atoms with Gasteiger partial charge in [0, 0.05) is 5.56 Å². The van der Waals surface area contributed by atoms with Gasteiger partial charge in [-0.1, -0.05) is 18.2 Å². The molecule has 0 bridgehead atoms. The largest absolute Gasteiger partial charge is 0.545 e. The molecule has 102 valence electrons. The molecular weight excluding hydrogens is 268 g/mol. The molecule has 0 unspecified atom stereocenters. The van der Waals surface area contributed by atoms with E-state index in [0.29, 0.717) is 0 Å². The Hall–Kier alpha value is -3.23. The Morgan fingerprint density at radius 2 is 2.00 bits per heavy atom. The summed E-state index contributed by atoms with van der Waals surface area (Å²) < 4.78 is 0. The van der Waals surface area contributed by atoms with Crippen LogP contribution in [0, 0.1) is 10.1 Å². The predicted octanol–water partition coefficient (Wildman–Crippen LogP) is -0.0663. The van der Waals surface area contributed by atoms with Crippen molar-refractivity contribution >= 4 is 23.3 Å². The van der Waals surface area contributed by atoms with Crippen LogP contribution in [0.2, 0.25) is 0 Å². The summed E-state index contributed by atoms with van der Waals surface area (Å²) in [5.41, 5.74) is -1.14. The normalized spacial score (nSPS) is 10.0. The average molecular weight is 275 g/mol. The molecule has 0 aliphatic heterocycles. The SMILES string of the molecule is O=C([O-])c1ccccc1NC(=O)c1[nH]ncc1[N+](=O)[O-]. The number of aromatic carboxylic acids is 1. The molecule has 2 N–H and O–H groups in total. The molecular formula is C11H7N4O5-. The lowest BCUT2D eigenvalue weighted by molar-refractivity contribution is -0.385. The first-order chi connectivity index (χ1) is 9.50. The molecule has 1 amide bonds. The lowest BCUT2D eigenvalue weighted by Crippen LogP contribution is -2.25. The van der Waals surface area contributed by atoms with Gasteiger partial charge in [-0.25, -0.2) is 0 Å². The quantitative estimate of drug-likeness (QED) is 0.591. The van der Waals surface area contributed by atoms with E-state index in [1.807, 2.05) is 0 Å². The van der Waals surface area contributed by atoms with Gasteiger partial charge in [0.1, 0.15) is 6.20 Å². The van der Waals surface area contributed by atoms with Crippen molar-refractivity contribution in [2.45, 2.75) is 0 Å². The third kappa shape index (κ3) is 2.46. The summed E-state index contributed by atoms with van der Waals surface area (Å²) in [4.78, 5) is 32.7. The summed E-state index contributed by atoms with van der Waals surface area (Å²) in [6.07, 6.45) is 0.888. The maximum Gasteiger partial charge on any atom is 0.319 e. The topological polar surface area (TPSA) is 141 Å². The van der Waals surface area contributed by atoms with Crippen LogP contribution >= 0.6 is 0 Å². The smallest absolute Gasteiger partial charge is 0.319 e. The Bertz CT molecular complexity index is 694. The Morgan fingerprint density at radius 3 is 2.65 bits per heavy atom. The number of carbonyl (C=O) groups excluding carboxylic acids is 2. The number of H-pyrrole nitrogens is 1. The number of nitro groups is 1. The van der Waals surface area contributed by atoms with E-state index in [2.05, 4.69) is 15.5 Å². The van der Waals surface area contributed by atoms with E-state index in [4.69, 9.17) is 0 Å². The number of carbonyl (C=O) groups is 2. The van der Waals surface area contributed by atoms with Crippen molar-refractivity contribution in [2.75, 3.05) is 5.32 Å². The lowest BCUT2D eigenvalue weighted by atomic mass is 10.1. The van der Waals surface area contributed by atoms with Crippen molar-refractivity contribution in [1.29, 1.82) is 0 Å². The zero-order valence-electron chi connectivity index (χ0n) is 9.82. The van der Waals surface area contributed by atoms with Crippen LogP contribution in [0.25, 0.3) is 0 Å². The molecule has 0 aliphatic rings. The average Bonchev–Trinajstić information content (AvgIpc) is 2.88. The van der Waals surface area contributed by atoms with E-state index in [1.54, 1.807) is 0 Å². The molecule has 0 spiro atoms. The third-order valence-electron chi connectivity index (χ3n) is 2.44. The highest BCUT2D eigenvalue weighted by atomic mass is 16.6. The van der Waals surface area contributed by atoms with E-state index in [-0.39, 0.29) is 16.9 Å². The van der Waals surface area contributed by atoms with Crippen LogP contribution in [0.3, 0.4) is 0 Å². The molecule has 0 atom stereocenters. The summed E-state index contributed by atoms with van der Waals surface area (Å²) in [5, 5.41) is 29.4. The fourth-order valence-electron chi connectivity index (χ4n) is 1.54. The molecule has 9 heteroatoms. The fraction of sp³-hybridized carbons (Fsp3) is 0. The van der Waals surface area contributed by atoms with E-state index >= 15 is 0 Å². The number of nitrogens with one attached hydrogen (secondary N) is 2. The minimum Gasteiger partial charge on any atom is -0.545 e. The molecule has 1 aromatic carbocycles. The summed E-state index contributed by atoms with van der Waals surface area (Å²) in [6, 6.07) is 5.54. The number of rotatable bonds is 4. The van der Waals surface area contributed by atoms with E-state index in [1.165, 1.54) is 24.3 Å². The molecule has 0 saturated heterocycles. The van der Waals surface area contributed by atoms with Crippen molar-refractivity contribution in [3.63, 3.8) is 0 Å². The monoisotopic (exact) mass is 275 g/mol. The number of anilines is 1. The highest BCUT2D eigenvalue weighted by molar-refractivity contribution is 6.08. The Balaban J connectivity index is 2.31. The summed E-state index contributed by atoms with van der Waals surface area (Å²) >= 11 is 0. The molecule has 2 aromatic rings. The van der Waals surface area contributed by atoms with Crippen molar-refractivity contribution < 1.29 is 19.6 Å². The Labute approximate surface area is 111 Å². The maximum atomic E-state index is 11.9.